The standard InChI is InChI=1S/C14H9F3S/c1-2-13-8-11(9-18-13)6-10-4-3-5-12(7-10)14(15,16)17/h1,3-5,7-9H,6H2. The average Bonchev–Trinajstić information content (AvgIpc) is 2.76. The van der Waals surface area contributed by atoms with Crippen molar-refractivity contribution in [1.82, 2.24) is 0 Å². The van der Waals surface area contributed by atoms with Crippen LogP contribution >= 0.6 is 11.3 Å². The van der Waals surface area contributed by atoms with Gasteiger partial charge in [0.2, 0.25) is 0 Å². The number of benzene rings is 1. The van der Waals surface area contributed by atoms with Gasteiger partial charge in [-0.3, -0.25) is 0 Å². The van der Waals surface area contributed by atoms with Crippen LogP contribution in [0.4, 0.5) is 13.2 Å². The number of thiophene rings is 1. The van der Waals surface area contributed by atoms with Crippen LogP contribution in [0.5, 0.6) is 0 Å². The Morgan fingerprint density at radius 1 is 1.17 bits per heavy atom. The van der Waals surface area contributed by atoms with Crippen molar-refractivity contribution < 1.29 is 13.2 Å². The van der Waals surface area contributed by atoms with Crippen molar-refractivity contribution in [1.29, 1.82) is 0 Å². The van der Waals surface area contributed by atoms with Gasteiger partial charge in [-0.05, 0) is 35.1 Å². The molecule has 0 saturated carbocycles. The van der Waals surface area contributed by atoms with Gasteiger partial charge in [0.05, 0.1) is 10.4 Å². The summed E-state index contributed by atoms with van der Waals surface area (Å²) >= 11 is 1.42. The molecule has 0 aliphatic rings. The van der Waals surface area contributed by atoms with Gasteiger partial charge in [-0.25, -0.2) is 0 Å². The number of terminal acetylenes is 1. The van der Waals surface area contributed by atoms with Gasteiger partial charge in [0.15, 0.2) is 0 Å². The molecule has 2 rings (SSSR count). The number of hydrogen-bond acceptors (Lipinski definition) is 1. The van der Waals surface area contributed by atoms with Gasteiger partial charge in [0, 0.05) is 0 Å². The predicted octanol–water partition coefficient (Wildman–Crippen LogP) is 4.34. The molecule has 0 atom stereocenters. The van der Waals surface area contributed by atoms with E-state index in [2.05, 4.69) is 5.92 Å². The van der Waals surface area contributed by atoms with Crippen LogP contribution in [0.15, 0.2) is 35.7 Å². The van der Waals surface area contributed by atoms with Crippen LogP contribution in [0, 0.1) is 12.3 Å². The summed E-state index contributed by atoms with van der Waals surface area (Å²) in [6.07, 6.45) is 1.41. The maximum Gasteiger partial charge on any atom is 0.416 e. The van der Waals surface area contributed by atoms with E-state index in [0.717, 1.165) is 16.5 Å². The van der Waals surface area contributed by atoms with Crippen molar-refractivity contribution in [3.8, 4) is 12.3 Å². The first-order chi connectivity index (χ1) is 8.49. The Balaban J connectivity index is 2.22. The fraction of sp³-hybridized carbons (Fsp3) is 0.143. The number of rotatable bonds is 2. The summed E-state index contributed by atoms with van der Waals surface area (Å²) in [7, 11) is 0. The van der Waals surface area contributed by atoms with Crippen molar-refractivity contribution >= 4 is 11.3 Å². The molecule has 0 unspecified atom stereocenters. The van der Waals surface area contributed by atoms with Crippen molar-refractivity contribution in [2.45, 2.75) is 12.6 Å². The third-order valence-corrected chi connectivity index (χ3v) is 3.37. The number of alkyl halides is 3. The van der Waals surface area contributed by atoms with Crippen LogP contribution in [0.25, 0.3) is 0 Å². The molecule has 0 radical (unpaired) electrons. The van der Waals surface area contributed by atoms with Gasteiger partial charge in [0.1, 0.15) is 0 Å². The lowest BCUT2D eigenvalue weighted by Gasteiger charge is -2.08. The van der Waals surface area contributed by atoms with Crippen LogP contribution in [0.3, 0.4) is 0 Å². The lowest BCUT2D eigenvalue weighted by molar-refractivity contribution is -0.137. The van der Waals surface area contributed by atoms with E-state index < -0.39 is 11.7 Å². The van der Waals surface area contributed by atoms with Crippen molar-refractivity contribution in [2.24, 2.45) is 0 Å². The zero-order valence-corrected chi connectivity index (χ0v) is 10.1. The molecule has 2 aromatic rings. The third kappa shape index (κ3) is 2.93. The molecule has 4 heteroatoms. The van der Waals surface area contributed by atoms with E-state index in [4.69, 9.17) is 6.42 Å². The van der Waals surface area contributed by atoms with Gasteiger partial charge < -0.3 is 0 Å². The highest BCUT2D eigenvalue weighted by atomic mass is 32.1. The molecule has 18 heavy (non-hydrogen) atoms. The molecule has 0 aliphatic heterocycles. The van der Waals surface area contributed by atoms with Crippen molar-refractivity contribution in [2.75, 3.05) is 0 Å². The van der Waals surface area contributed by atoms with Gasteiger partial charge in [-0.2, -0.15) is 13.2 Å². The van der Waals surface area contributed by atoms with Crippen LogP contribution < -0.4 is 0 Å². The summed E-state index contributed by atoms with van der Waals surface area (Å²) in [5, 5.41) is 1.87. The zero-order valence-electron chi connectivity index (χ0n) is 9.29. The summed E-state index contributed by atoms with van der Waals surface area (Å²) < 4.78 is 37.6. The van der Waals surface area contributed by atoms with E-state index in [9.17, 15) is 13.2 Å². The summed E-state index contributed by atoms with van der Waals surface area (Å²) in [5.74, 6) is 2.51. The SMILES string of the molecule is C#Cc1cc(Cc2cccc(C(F)(F)F)c2)cs1. The Kier molecular flexibility index (Phi) is 3.44. The smallest absolute Gasteiger partial charge is 0.166 e. The molecular formula is C14H9F3S. The Labute approximate surface area is 107 Å². The predicted molar refractivity (Wildman–Crippen MR) is 66.5 cm³/mol. The van der Waals surface area contributed by atoms with E-state index in [1.807, 2.05) is 11.4 Å². The molecule has 1 heterocycles. The maximum absolute atomic E-state index is 12.5. The fourth-order valence-electron chi connectivity index (χ4n) is 1.64. The highest BCUT2D eigenvalue weighted by Crippen LogP contribution is 2.30. The molecule has 1 aromatic carbocycles. The molecule has 0 spiro atoms. The summed E-state index contributed by atoms with van der Waals surface area (Å²) in [4.78, 5) is 0.789. The van der Waals surface area contributed by atoms with Crippen LogP contribution in [0.1, 0.15) is 21.6 Å². The van der Waals surface area contributed by atoms with Crippen LogP contribution in [-0.2, 0) is 12.6 Å². The number of hydrogen-bond donors (Lipinski definition) is 0. The first-order valence-electron chi connectivity index (χ1n) is 5.19. The molecule has 0 nitrogen and oxygen atoms in total. The summed E-state index contributed by atoms with van der Waals surface area (Å²) in [6, 6.07) is 7.18. The minimum absolute atomic E-state index is 0.460. The highest BCUT2D eigenvalue weighted by Gasteiger charge is 2.30. The lowest BCUT2D eigenvalue weighted by atomic mass is 10.0. The first kappa shape index (κ1) is 12.7. The van der Waals surface area contributed by atoms with Crippen molar-refractivity contribution in [3.05, 3.63) is 57.3 Å². The van der Waals surface area contributed by atoms with Crippen LogP contribution in [-0.4, -0.2) is 0 Å². The van der Waals surface area contributed by atoms with Crippen LogP contribution in [0.2, 0.25) is 0 Å². The molecule has 0 fully saturated rings. The highest BCUT2D eigenvalue weighted by molar-refractivity contribution is 7.10. The fourth-order valence-corrected chi connectivity index (χ4v) is 2.35. The molecule has 92 valence electrons. The van der Waals surface area contributed by atoms with Crippen molar-refractivity contribution in [3.63, 3.8) is 0 Å². The van der Waals surface area contributed by atoms with Gasteiger partial charge in [-0.15, -0.1) is 17.8 Å². The van der Waals surface area contributed by atoms with Gasteiger partial charge in [0.25, 0.3) is 0 Å². The Hall–Kier alpha value is -1.73. The van der Waals surface area contributed by atoms with E-state index in [1.54, 1.807) is 6.07 Å². The van der Waals surface area contributed by atoms with E-state index in [-0.39, 0.29) is 0 Å². The molecule has 0 aliphatic carbocycles. The maximum atomic E-state index is 12.5. The zero-order chi connectivity index (χ0) is 13.2. The molecule has 0 N–H and O–H groups in total. The van der Waals surface area contributed by atoms with E-state index >= 15 is 0 Å². The Morgan fingerprint density at radius 3 is 2.56 bits per heavy atom. The Morgan fingerprint density at radius 2 is 1.94 bits per heavy atom. The molecule has 0 amide bonds. The molecule has 0 bridgehead atoms. The third-order valence-electron chi connectivity index (χ3n) is 2.46. The minimum atomic E-state index is -4.30. The quantitative estimate of drug-likeness (QED) is 0.709. The summed E-state index contributed by atoms with van der Waals surface area (Å²) in [5.41, 5.74) is 0.950. The normalized spacial score (nSPS) is 11.2. The second-order valence-electron chi connectivity index (χ2n) is 3.84. The summed E-state index contributed by atoms with van der Waals surface area (Å²) in [6.45, 7) is 0. The largest absolute Gasteiger partial charge is 0.416 e. The molecule has 0 saturated heterocycles. The Bertz CT molecular complexity index is 588. The van der Waals surface area contributed by atoms with Gasteiger partial charge in [-0.1, -0.05) is 24.1 Å². The van der Waals surface area contributed by atoms with E-state index in [0.29, 0.717) is 12.0 Å². The van der Waals surface area contributed by atoms with E-state index in [1.165, 1.54) is 23.5 Å². The average molecular weight is 266 g/mol. The monoisotopic (exact) mass is 266 g/mol. The second kappa shape index (κ2) is 4.87. The molecular weight excluding hydrogens is 257 g/mol. The number of halogens is 3. The minimum Gasteiger partial charge on any atom is -0.166 e. The van der Waals surface area contributed by atoms with Gasteiger partial charge >= 0.3 is 6.18 Å². The lowest BCUT2D eigenvalue weighted by Crippen LogP contribution is -2.05. The topological polar surface area (TPSA) is 0 Å². The second-order valence-corrected chi connectivity index (χ2v) is 4.75. The first-order valence-corrected chi connectivity index (χ1v) is 6.07. The molecule has 1 aromatic heterocycles.